The van der Waals surface area contributed by atoms with E-state index >= 15 is 0 Å². The van der Waals surface area contributed by atoms with Crippen molar-refractivity contribution in [1.29, 1.82) is 0 Å². The molecule has 0 bridgehead atoms. The van der Waals surface area contributed by atoms with E-state index in [-0.39, 0.29) is 17.8 Å². The predicted octanol–water partition coefficient (Wildman–Crippen LogP) is 3.09. The zero-order valence-corrected chi connectivity index (χ0v) is 21.6. The van der Waals surface area contributed by atoms with Crippen molar-refractivity contribution < 1.29 is 23.4 Å². The van der Waals surface area contributed by atoms with E-state index in [9.17, 15) is 9.18 Å². The third-order valence-corrected chi connectivity index (χ3v) is 6.85. The molecule has 2 aliphatic rings. The lowest BCUT2D eigenvalue weighted by atomic mass is 10.1. The van der Waals surface area contributed by atoms with Crippen molar-refractivity contribution in [2.24, 2.45) is 0 Å². The normalized spacial score (nSPS) is 18.9. The molecule has 2 aromatic carbocycles. The lowest BCUT2D eigenvalue weighted by Crippen LogP contribution is -2.51. The molecule has 0 aromatic heterocycles. The number of anilines is 1. The van der Waals surface area contributed by atoms with Crippen molar-refractivity contribution in [3.8, 4) is 11.5 Å². The molecule has 0 saturated carbocycles. The number of carbonyl (C=O) groups is 1. The van der Waals surface area contributed by atoms with Gasteiger partial charge in [-0.3, -0.25) is 9.69 Å². The first-order valence-corrected chi connectivity index (χ1v) is 12.5. The molecule has 0 spiro atoms. The number of rotatable bonds is 6. The molecule has 0 aliphatic carbocycles. The average Bonchev–Trinajstić information content (AvgIpc) is 3.14. The summed E-state index contributed by atoms with van der Waals surface area (Å²) in [5.74, 6) is 0.866. The van der Waals surface area contributed by atoms with E-state index in [0.29, 0.717) is 55.0 Å². The number of halogens is 1. The van der Waals surface area contributed by atoms with Crippen molar-refractivity contribution in [2.75, 3.05) is 72.0 Å². The van der Waals surface area contributed by atoms with E-state index < -0.39 is 0 Å². The zero-order chi connectivity index (χ0) is 25.5. The minimum absolute atomic E-state index is 0.00453. The van der Waals surface area contributed by atoms with Gasteiger partial charge in [0.25, 0.3) is 5.91 Å². The fraction of sp³-hybridized carbons (Fsp3) is 0.462. The van der Waals surface area contributed by atoms with Crippen LogP contribution in [-0.2, 0) is 4.74 Å². The Balaban J connectivity index is 1.29. The molecular formula is C26H33FN4O4S. The summed E-state index contributed by atoms with van der Waals surface area (Å²) in [7, 11) is 3.14. The van der Waals surface area contributed by atoms with Crippen LogP contribution in [0.5, 0.6) is 11.5 Å². The predicted molar refractivity (Wildman–Crippen MR) is 140 cm³/mol. The molecule has 2 aliphatic heterocycles. The summed E-state index contributed by atoms with van der Waals surface area (Å²) in [6.07, 6.45) is 0.903. The standard InChI is InChI=1S/C26H33FN4O4S/c1-33-23-9-4-19(16-24(23)34-2)25(32)30-11-3-10-29(12-13-30)17-22-18-31(14-15-35-22)26(36)28-21-7-5-20(27)6-8-21/h4-9,16,22H,3,10-15,17-18H2,1-2H3,(H,28,36)/t22-/m1/s1. The molecule has 1 atom stereocenters. The van der Waals surface area contributed by atoms with E-state index in [1.165, 1.54) is 12.1 Å². The number of ether oxygens (including phenoxy) is 3. The van der Waals surface area contributed by atoms with Crippen LogP contribution in [0.3, 0.4) is 0 Å². The molecule has 2 fully saturated rings. The number of morpholine rings is 1. The van der Waals surface area contributed by atoms with Crippen molar-refractivity contribution in [3.63, 3.8) is 0 Å². The third kappa shape index (κ3) is 6.63. The van der Waals surface area contributed by atoms with Crippen LogP contribution in [0, 0.1) is 5.82 Å². The van der Waals surface area contributed by atoms with Crippen molar-refractivity contribution >= 4 is 28.9 Å². The molecule has 0 unspecified atom stereocenters. The fourth-order valence-electron chi connectivity index (χ4n) is 4.55. The SMILES string of the molecule is COc1ccc(C(=O)N2CCCN(C[C@@H]3CN(C(=S)Nc4ccc(F)cc4)CCO3)CC2)cc1OC. The lowest BCUT2D eigenvalue weighted by Gasteiger charge is -2.36. The van der Waals surface area contributed by atoms with Crippen molar-refractivity contribution in [1.82, 2.24) is 14.7 Å². The van der Waals surface area contributed by atoms with Gasteiger partial charge in [0.05, 0.1) is 26.9 Å². The Labute approximate surface area is 216 Å². The molecule has 36 heavy (non-hydrogen) atoms. The van der Waals surface area contributed by atoms with Gasteiger partial charge in [-0.15, -0.1) is 0 Å². The zero-order valence-electron chi connectivity index (χ0n) is 20.7. The minimum atomic E-state index is -0.278. The Morgan fingerprint density at radius 3 is 2.56 bits per heavy atom. The quantitative estimate of drug-likeness (QED) is 0.588. The van der Waals surface area contributed by atoms with Crippen LogP contribution >= 0.6 is 12.2 Å². The Bertz CT molecular complexity index is 1050. The highest BCUT2D eigenvalue weighted by Gasteiger charge is 2.27. The summed E-state index contributed by atoms with van der Waals surface area (Å²) in [5, 5.41) is 3.79. The lowest BCUT2D eigenvalue weighted by molar-refractivity contribution is -0.0224. The van der Waals surface area contributed by atoms with E-state index in [0.717, 1.165) is 31.7 Å². The number of nitrogens with zero attached hydrogens (tertiary/aromatic N) is 3. The average molecular weight is 517 g/mol. The van der Waals surface area contributed by atoms with Gasteiger partial charge in [0.2, 0.25) is 0 Å². The highest BCUT2D eigenvalue weighted by molar-refractivity contribution is 7.80. The second kappa shape index (κ2) is 12.3. The smallest absolute Gasteiger partial charge is 0.254 e. The van der Waals surface area contributed by atoms with Crippen LogP contribution in [0.4, 0.5) is 10.1 Å². The van der Waals surface area contributed by atoms with Crippen LogP contribution in [-0.4, -0.2) is 98.5 Å². The second-order valence-corrected chi connectivity index (χ2v) is 9.28. The summed E-state index contributed by atoms with van der Waals surface area (Å²) < 4.78 is 29.8. The Hall–Kier alpha value is -2.95. The van der Waals surface area contributed by atoms with Gasteiger partial charge in [0.15, 0.2) is 16.6 Å². The molecule has 194 valence electrons. The number of thiocarbonyl (C=S) groups is 1. The number of hydrogen-bond donors (Lipinski definition) is 1. The van der Waals surface area contributed by atoms with Gasteiger partial charge in [-0.2, -0.15) is 0 Å². The molecule has 1 N–H and O–H groups in total. The number of amides is 1. The van der Waals surface area contributed by atoms with Gasteiger partial charge < -0.3 is 29.3 Å². The maximum atomic E-state index is 13.2. The summed E-state index contributed by atoms with van der Waals surface area (Å²) in [6, 6.07) is 11.4. The first-order chi connectivity index (χ1) is 17.5. The number of benzene rings is 2. The first-order valence-electron chi connectivity index (χ1n) is 12.1. The maximum absolute atomic E-state index is 13.2. The molecule has 2 aromatic rings. The number of nitrogens with one attached hydrogen (secondary N) is 1. The Morgan fingerprint density at radius 2 is 1.81 bits per heavy atom. The topological polar surface area (TPSA) is 66.5 Å². The van der Waals surface area contributed by atoms with E-state index in [1.54, 1.807) is 44.6 Å². The Kier molecular flexibility index (Phi) is 8.95. The van der Waals surface area contributed by atoms with E-state index in [2.05, 4.69) is 15.1 Å². The van der Waals surface area contributed by atoms with E-state index in [1.807, 2.05) is 4.90 Å². The minimum Gasteiger partial charge on any atom is -0.493 e. The van der Waals surface area contributed by atoms with Crippen LogP contribution in [0.1, 0.15) is 16.8 Å². The third-order valence-electron chi connectivity index (χ3n) is 6.49. The molecule has 1 amide bonds. The van der Waals surface area contributed by atoms with E-state index in [4.69, 9.17) is 26.4 Å². The van der Waals surface area contributed by atoms with Crippen LogP contribution in [0.25, 0.3) is 0 Å². The molecule has 10 heteroatoms. The second-order valence-electron chi connectivity index (χ2n) is 8.89. The summed E-state index contributed by atoms with van der Waals surface area (Å²) >= 11 is 5.58. The molecule has 0 radical (unpaired) electrons. The van der Waals surface area contributed by atoms with Crippen LogP contribution < -0.4 is 14.8 Å². The molecule has 2 heterocycles. The summed E-state index contributed by atoms with van der Waals surface area (Å²) in [6.45, 7) is 5.77. The molecule has 8 nitrogen and oxygen atoms in total. The highest BCUT2D eigenvalue weighted by atomic mass is 32.1. The van der Waals surface area contributed by atoms with Gasteiger partial charge in [0.1, 0.15) is 5.82 Å². The number of methoxy groups -OCH3 is 2. The fourth-order valence-corrected chi connectivity index (χ4v) is 4.83. The van der Waals surface area contributed by atoms with Crippen LogP contribution in [0.2, 0.25) is 0 Å². The van der Waals surface area contributed by atoms with Gasteiger partial charge in [-0.1, -0.05) is 0 Å². The monoisotopic (exact) mass is 516 g/mol. The largest absolute Gasteiger partial charge is 0.493 e. The summed E-state index contributed by atoms with van der Waals surface area (Å²) in [5.41, 5.74) is 1.35. The van der Waals surface area contributed by atoms with Gasteiger partial charge in [0, 0.05) is 50.5 Å². The van der Waals surface area contributed by atoms with Gasteiger partial charge in [-0.25, -0.2) is 4.39 Å². The van der Waals surface area contributed by atoms with Gasteiger partial charge >= 0.3 is 0 Å². The maximum Gasteiger partial charge on any atom is 0.254 e. The Morgan fingerprint density at radius 1 is 1.03 bits per heavy atom. The summed E-state index contributed by atoms with van der Waals surface area (Å²) in [4.78, 5) is 19.5. The molecule has 2 saturated heterocycles. The first kappa shape index (κ1) is 26.1. The number of carbonyl (C=O) groups excluding carboxylic acids is 1. The number of hydrogen-bond acceptors (Lipinski definition) is 6. The highest BCUT2D eigenvalue weighted by Crippen LogP contribution is 2.28. The van der Waals surface area contributed by atoms with Crippen LogP contribution in [0.15, 0.2) is 42.5 Å². The van der Waals surface area contributed by atoms with Crippen molar-refractivity contribution in [3.05, 3.63) is 53.8 Å². The molecular weight excluding hydrogens is 483 g/mol. The molecule has 4 rings (SSSR count). The van der Waals surface area contributed by atoms with Crippen molar-refractivity contribution in [2.45, 2.75) is 12.5 Å². The van der Waals surface area contributed by atoms with Gasteiger partial charge in [-0.05, 0) is 67.6 Å².